The zero-order valence-corrected chi connectivity index (χ0v) is 21.1. The summed E-state index contributed by atoms with van der Waals surface area (Å²) in [5.41, 5.74) is -2.82. The maximum Gasteiger partial charge on any atom is 0.345 e. The van der Waals surface area contributed by atoms with Crippen molar-refractivity contribution in [2.75, 3.05) is 19.7 Å². The Labute approximate surface area is 201 Å². The van der Waals surface area contributed by atoms with Crippen molar-refractivity contribution in [3.05, 3.63) is 34.9 Å². The lowest BCUT2D eigenvalue weighted by atomic mass is 9.81. The second-order valence-corrected chi connectivity index (χ2v) is 9.41. The number of nitrogens with zero attached hydrogens (tertiary/aromatic N) is 1. The molecule has 9 heteroatoms. The van der Waals surface area contributed by atoms with Gasteiger partial charge < -0.3 is 24.4 Å². The molecule has 34 heavy (non-hydrogen) atoms. The van der Waals surface area contributed by atoms with Crippen LogP contribution in [0.25, 0.3) is 0 Å². The fraction of sp³-hybridized carbons (Fsp3) is 0.640. The third-order valence-corrected chi connectivity index (χ3v) is 6.59. The Bertz CT molecular complexity index is 897. The first kappa shape index (κ1) is 27.8. The lowest BCUT2D eigenvalue weighted by Crippen LogP contribution is -2.64. The predicted molar refractivity (Wildman–Crippen MR) is 125 cm³/mol. The summed E-state index contributed by atoms with van der Waals surface area (Å²) in [6, 6.07) is -0.112. The van der Waals surface area contributed by atoms with E-state index in [1.54, 1.807) is 39.8 Å². The molecular formula is C25H37NO8. The van der Waals surface area contributed by atoms with Crippen LogP contribution in [0.4, 0.5) is 0 Å². The zero-order valence-electron chi connectivity index (χ0n) is 21.1. The maximum absolute atomic E-state index is 12.9. The van der Waals surface area contributed by atoms with E-state index in [0.29, 0.717) is 24.1 Å². The van der Waals surface area contributed by atoms with Crippen LogP contribution in [-0.4, -0.2) is 82.2 Å². The third kappa shape index (κ3) is 5.76. The molecule has 190 valence electrons. The van der Waals surface area contributed by atoms with Crippen LogP contribution >= 0.6 is 0 Å². The van der Waals surface area contributed by atoms with E-state index in [1.165, 1.54) is 20.8 Å². The van der Waals surface area contributed by atoms with E-state index in [1.807, 2.05) is 6.08 Å². The average Bonchev–Trinajstić information content (AvgIpc) is 3.35. The van der Waals surface area contributed by atoms with Gasteiger partial charge in [0.15, 0.2) is 0 Å². The van der Waals surface area contributed by atoms with Crippen LogP contribution in [0.1, 0.15) is 54.9 Å². The molecule has 2 N–H and O–H groups in total. The molecule has 0 bridgehead atoms. The summed E-state index contributed by atoms with van der Waals surface area (Å²) in [5.74, 6) is -2.16. The van der Waals surface area contributed by atoms with Gasteiger partial charge in [-0.05, 0) is 60.5 Å². The molecule has 2 aliphatic heterocycles. The number of carbonyl (C=O) groups excluding carboxylic acids is 3. The summed E-state index contributed by atoms with van der Waals surface area (Å²) >= 11 is 0. The fourth-order valence-electron chi connectivity index (χ4n) is 4.01. The lowest BCUT2D eigenvalue weighted by Gasteiger charge is -2.40. The highest BCUT2D eigenvalue weighted by Crippen LogP contribution is 2.32. The molecule has 4 atom stereocenters. The summed E-state index contributed by atoms with van der Waals surface area (Å²) in [4.78, 5) is 39.3. The SMILES string of the molecule is CC=C(C)C(=O)O[C@@H](C)[C@](O)(C(=O)OCC1=C[C@@H]2[C@H](OC(=O)/C(C)=C\C)CCN2C1)C(C)(C)O. The Hall–Kier alpha value is -2.49. The van der Waals surface area contributed by atoms with E-state index in [2.05, 4.69) is 4.90 Å². The number of hydrogen-bond donors (Lipinski definition) is 2. The molecule has 9 nitrogen and oxygen atoms in total. The molecule has 2 rings (SSSR count). The summed E-state index contributed by atoms with van der Waals surface area (Å²) < 4.78 is 16.2. The second kappa shape index (κ2) is 10.8. The van der Waals surface area contributed by atoms with Crippen LogP contribution in [0.2, 0.25) is 0 Å². The first-order valence-electron chi connectivity index (χ1n) is 11.5. The Morgan fingerprint density at radius 3 is 2.29 bits per heavy atom. The van der Waals surface area contributed by atoms with Crippen molar-refractivity contribution in [2.45, 2.75) is 84.3 Å². The van der Waals surface area contributed by atoms with Crippen molar-refractivity contribution >= 4 is 17.9 Å². The highest BCUT2D eigenvalue weighted by Gasteiger charge is 2.56. The van der Waals surface area contributed by atoms with Crippen molar-refractivity contribution in [3.63, 3.8) is 0 Å². The number of ether oxygens (including phenoxy) is 3. The van der Waals surface area contributed by atoms with E-state index in [4.69, 9.17) is 14.2 Å². The van der Waals surface area contributed by atoms with E-state index in [-0.39, 0.29) is 24.7 Å². The van der Waals surface area contributed by atoms with E-state index < -0.39 is 29.2 Å². The van der Waals surface area contributed by atoms with Gasteiger partial charge in [0.1, 0.15) is 24.4 Å². The first-order valence-corrected chi connectivity index (χ1v) is 11.5. The normalized spacial score (nSPS) is 24.1. The third-order valence-electron chi connectivity index (χ3n) is 6.59. The second-order valence-electron chi connectivity index (χ2n) is 9.41. The van der Waals surface area contributed by atoms with E-state index in [9.17, 15) is 24.6 Å². The van der Waals surface area contributed by atoms with E-state index in [0.717, 1.165) is 12.1 Å². The zero-order chi connectivity index (χ0) is 25.8. The van der Waals surface area contributed by atoms with Gasteiger partial charge in [0.2, 0.25) is 5.60 Å². The average molecular weight is 480 g/mol. The number of allylic oxidation sites excluding steroid dienone is 2. The van der Waals surface area contributed by atoms with Crippen molar-refractivity contribution in [3.8, 4) is 0 Å². The minimum atomic E-state index is -2.49. The summed E-state index contributed by atoms with van der Waals surface area (Å²) in [6.45, 7) is 11.6. The largest absolute Gasteiger partial charge is 0.459 e. The number of carbonyl (C=O) groups is 3. The maximum atomic E-state index is 12.9. The molecule has 0 saturated carbocycles. The molecule has 0 aromatic carbocycles. The highest BCUT2D eigenvalue weighted by atomic mass is 16.6. The summed E-state index contributed by atoms with van der Waals surface area (Å²) in [6.07, 6.45) is 4.20. The molecule has 0 unspecified atom stereocenters. The van der Waals surface area contributed by atoms with Gasteiger partial charge >= 0.3 is 17.9 Å². The van der Waals surface area contributed by atoms with Crippen LogP contribution in [-0.2, 0) is 28.6 Å². The van der Waals surface area contributed by atoms with Crippen LogP contribution < -0.4 is 0 Å². The van der Waals surface area contributed by atoms with Gasteiger partial charge in [-0.15, -0.1) is 0 Å². The molecule has 0 amide bonds. The van der Waals surface area contributed by atoms with Gasteiger partial charge in [0.05, 0.1) is 6.04 Å². The van der Waals surface area contributed by atoms with Crippen molar-refractivity contribution in [1.82, 2.24) is 4.90 Å². The van der Waals surface area contributed by atoms with Crippen molar-refractivity contribution in [1.29, 1.82) is 0 Å². The first-order chi connectivity index (χ1) is 15.8. The van der Waals surface area contributed by atoms with Crippen LogP contribution in [0, 0.1) is 0 Å². The highest BCUT2D eigenvalue weighted by molar-refractivity contribution is 5.89. The number of hydrogen-bond acceptors (Lipinski definition) is 9. The molecule has 0 spiro atoms. The van der Waals surface area contributed by atoms with Gasteiger partial charge in [-0.2, -0.15) is 0 Å². The number of esters is 3. The minimum absolute atomic E-state index is 0.112. The number of rotatable bonds is 9. The lowest BCUT2D eigenvalue weighted by molar-refractivity contribution is -0.218. The van der Waals surface area contributed by atoms with Gasteiger partial charge in [-0.3, -0.25) is 4.90 Å². The van der Waals surface area contributed by atoms with Gasteiger partial charge in [-0.25, -0.2) is 14.4 Å². The molecule has 1 fully saturated rings. The Morgan fingerprint density at radius 1 is 1.15 bits per heavy atom. The molecule has 2 aliphatic rings. The van der Waals surface area contributed by atoms with Gasteiger partial charge in [0, 0.05) is 24.2 Å². The summed E-state index contributed by atoms with van der Waals surface area (Å²) in [7, 11) is 0. The quantitative estimate of drug-likeness (QED) is 0.221. The van der Waals surface area contributed by atoms with Gasteiger partial charge in [0.25, 0.3) is 0 Å². The van der Waals surface area contributed by atoms with Crippen molar-refractivity contribution < 1.29 is 38.8 Å². The topological polar surface area (TPSA) is 123 Å². The monoisotopic (exact) mass is 479 g/mol. The Morgan fingerprint density at radius 2 is 1.74 bits per heavy atom. The fourth-order valence-corrected chi connectivity index (χ4v) is 4.01. The molecular weight excluding hydrogens is 442 g/mol. The molecule has 2 heterocycles. The van der Waals surface area contributed by atoms with Crippen LogP contribution in [0.3, 0.4) is 0 Å². The number of fused-ring (bicyclic) bond motifs is 1. The van der Waals surface area contributed by atoms with Crippen LogP contribution in [0.15, 0.2) is 34.9 Å². The Balaban J connectivity index is 2.08. The van der Waals surface area contributed by atoms with E-state index >= 15 is 0 Å². The molecule has 0 aromatic heterocycles. The standard InChI is InChI=1S/C25H37NO8/c1-8-15(3)21(27)33-17(5)25(31,24(6,7)30)23(29)32-14-18-12-19-20(10-11-26(19)13-18)34-22(28)16(4)9-2/h8-9,12,17,19-20,30-31H,10-11,13-14H2,1-7H3/b15-8?,16-9-/t17-,19+,20+,25-/m0/s1. The predicted octanol–water partition coefficient (Wildman–Crippen LogP) is 1.82. The Kier molecular flexibility index (Phi) is 8.85. The molecule has 1 saturated heterocycles. The van der Waals surface area contributed by atoms with Gasteiger partial charge in [-0.1, -0.05) is 18.2 Å². The molecule has 0 radical (unpaired) electrons. The smallest absolute Gasteiger partial charge is 0.345 e. The molecule has 0 aliphatic carbocycles. The summed E-state index contributed by atoms with van der Waals surface area (Å²) in [5, 5.41) is 21.7. The van der Waals surface area contributed by atoms with Crippen molar-refractivity contribution in [2.24, 2.45) is 0 Å². The van der Waals surface area contributed by atoms with Crippen LogP contribution in [0.5, 0.6) is 0 Å². The molecule has 0 aromatic rings. The number of aliphatic hydroxyl groups is 2. The minimum Gasteiger partial charge on any atom is -0.459 e.